The molecule has 1 atom stereocenters. The highest BCUT2D eigenvalue weighted by Gasteiger charge is 2.04. The van der Waals surface area contributed by atoms with Crippen molar-refractivity contribution < 1.29 is 4.84 Å². The zero-order valence-corrected chi connectivity index (χ0v) is 5.89. The Labute approximate surface area is 57.4 Å². The molecule has 0 fully saturated rings. The van der Waals surface area contributed by atoms with Crippen molar-refractivity contribution in [2.24, 2.45) is 5.90 Å². The summed E-state index contributed by atoms with van der Waals surface area (Å²) in [5.74, 6) is 4.93. The monoisotopic (exact) mass is 144 g/mol. The van der Waals surface area contributed by atoms with Gasteiger partial charge in [-0.1, -0.05) is 0 Å². The van der Waals surface area contributed by atoms with Crippen molar-refractivity contribution in [1.29, 1.82) is 0 Å². The Morgan fingerprint density at radius 2 is 2.67 bits per heavy atom. The van der Waals surface area contributed by atoms with Crippen LogP contribution in [0, 0.1) is 0 Å². The molecule has 9 heavy (non-hydrogen) atoms. The number of hydrogen-bond acceptors (Lipinski definition) is 4. The standard InChI is InChI=1S/C5H8N2OS/c1-4(8-6)5-2-9-3-7-5/h2-4H,6H2,1H3. The zero-order chi connectivity index (χ0) is 6.69. The van der Waals surface area contributed by atoms with Crippen molar-refractivity contribution in [2.45, 2.75) is 13.0 Å². The molecule has 1 aromatic rings. The number of thiazole rings is 1. The van der Waals surface area contributed by atoms with Crippen LogP contribution in [0.4, 0.5) is 0 Å². The third kappa shape index (κ3) is 1.48. The fourth-order valence-electron chi connectivity index (χ4n) is 0.492. The van der Waals surface area contributed by atoms with E-state index >= 15 is 0 Å². The van der Waals surface area contributed by atoms with Gasteiger partial charge in [0.1, 0.15) is 6.10 Å². The average molecular weight is 144 g/mol. The Kier molecular flexibility index (Phi) is 2.16. The van der Waals surface area contributed by atoms with Crippen molar-refractivity contribution in [1.82, 2.24) is 4.98 Å². The molecular weight excluding hydrogens is 136 g/mol. The van der Waals surface area contributed by atoms with Gasteiger partial charge in [-0.3, -0.25) is 4.84 Å². The molecule has 0 aliphatic heterocycles. The summed E-state index contributed by atoms with van der Waals surface area (Å²) in [6, 6.07) is 0. The van der Waals surface area contributed by atoms with Gasteiger partial charge in [0.2, 0.25) is 0 Å². The van der Waals surface area contributed by atoms with Crippen LogP contribution in [0.2, 0.25) is 0 Å². The van der Waals surface area contributed by atoms with Gasteiger partial charge in [0.25, 0.3) is 0 Å². The lowest BCUT2D eigenvalue weighted by molar-refractivity contribution is 0.0638. The molecule has 1 rings (SSSR count). The lowest BCUT2D eigenvalue weighted by atomic mass is 10.3. The Morgan fingerprint density at radius 3 is 3.11 bits per heavy atom. The van der Waals surface area contributed by atoms with Gasteiger partial charge in [0, 0.05) is 5.38 Å². The summed E-state index contributed by atoms with van der Waals surface area (Å²) >= 11 is 1.54. The van der Waals surface area contributed by atoms with E-state index in [1.165, 1.54) is 11.3 Å². The minimum atomic E-state index is -0.0868. The normalized spacial score (nSPS) is 13.6. The number of nitrogens with two attached hydrogens (primary N) is 1. The van der Waals surface area contributed by atoms with Gasteiger partial charge >= 0.3 is 0 Å². The van der Waals surface area contributed by atoms with Crippen LogP contribution in [0.15, 0.2) is 10.9 Å². The highest BCUT2D eigenvalue weighted by molar-refractivity contribution is 7.07. The van der Waals surface area contributed by atoms with Crippen LogP contribution in [-0.4, -0.2) is 4.98 Å². The second kappa shape index (κ2) is 2.91. The molecule has 0 aliphatic carbocycles. The molecule has 4 heteroatoms. The van der Waals surface area contributed by atoms with E-state index in [-0.39, 0.29) is 6.10 Å². The van der Waals surface area contributed by atoms with E-state index in [9.17, 15) is 0 Å². The summed E-state index contributed by atoms with van der Waals surface area (Å²) in [6.45, 7) is 1.86. The van der Waals surface area contributed by atoms with Crippen LogP contribution >= 0.6 is 11.3 Å². The predicted molar refractivity (Wildman–Crippen MR) is 35.8 cm³/mol. The predicted octanol–water partition coefficient (Wildman–Crippen LogP) is 1.09. The molecule has 3 nitrogen and oxygen atoms in total. The summed E-state index contributed by atoms with van der Waals surface area (Å²) in [5.41, 5.74) is 2.65. The van der Waals surface area contributed by atoms with Crippen LogP contribution in [0.3, 0.4) is 0 Å². The van der Waals surface area contributed by atoms with Crippen molar-refractivity contribution in [3.8, 4) is 0 Å². The van der Waals surface area contributed by atoms with E-state index in [1.54, 1.807) is 5.51 Å². The molecule has 2 N–H and O–H groups in total. The van der Waals surface area contributed by atoms with Gasteiger partial charge in [-0.2, -0.15) is 0 Å². The molecule has 0 aromatic carbocycles. The fourth-order valence-corrected chi connectivity index (χ4v) is 1.13. The molecule has 0 aliphatic rings. The first-order chi connectivity index (χ1) is 4.34. The van der Waals surface area contributed by atoms with E-state index in [0.29, 0.717) is 0 Å². The largest absolute Gasteiger partial charge is 0.295 e. The fraction of sp³-hybridized carbons (Fsp3) is 0.400. The van der Waals surface area contributed by atoms with Crippen LogP contribution in [0.25, 0.3) is 0 Å². The Hall–Kier alpha value is -0.450. The van der Waals surface area contributed by atoms with E-state index in [2.05, 4.69) is 9.82 Å². The maximum Gasteiger partial charge on any atom is 0.119 e. The maximum atomic E-state index is 4.93. The van der Waals surface area contributed by atoms with E-state index in [4.69, 9.17) is 5.90 Å². The third-order valence-electron chi connectivity index (χ3n) is 1.07. The second-order valence-electron chi connectivity index (χ2n) is 1.69. The quantitative estimate of drug-likeness (QED) is 0.632. The molecule has 0 spiro atoms. The van der Waals surface area contributed by atoms with Crippen molar-refractivity contribution in [2.75, 3.05) is 0 Å². The number of aromatic nitrogens is 1. The molecule has 0 saturated carbocycles. The maximum absolute atomic E-state index is 4.93. The van der Waals surface area contributed by atoms with E-state index in [1.807, 2.05) is 12.3 Å². The SMILES string of the molecule is CC(ON)c1cscn1. The van der Waals surface area contributed by atoms with Gasteiger partial charge in [-0.25, -0.2) is 10.9 Å². The summed E-state index contributed by atoms with van der Waals surface area (Å²) < 4.78 is 0. The summed E-state index contributed by atoms with van der Waals surface area (Å²) in [6.07, 6.45) is -0.0868. The van der Waals surface area contributed by atoms with Gasteiger partial charge < -0.3 is 0 Å². The van der Waals surface area contributed by atoms with Crippen molar-refractivity contribution >= 4 is 11.3 Å². The Bertz CT molecular complexity index is 163. The van der Waals surface area contributed by atoms with Gasteiger partial charge in [0.05, 0.1) is 11.2 Å². The van der Waals surface area contributed by atoms with Gasteiger partial charge in [0.15, 0.2) is 0 Å². The first-order valence-electron chi connectivity index (χ1n) is 2.58. The topological polar surface area (TPSA) is 48.1 Å². The molecule has 1 aromatic heterocycles. The Balaban J connectivity index is 2.65. The summed E-state index contributed by atoms with van der Waals surface area (Å²) in [4.78, 5) is 8.54. The van der Waals surface area contributed by atoms with Crippen LogP contribution in [0.1, 0.15) is 18.7 Å². The van der Waals surface area contributed by atoms with Crippen LogP contribution in [-0.2, 0) is 4.84 Å². The first-order valence-corrected chi connectivity index (χ1v) is 3.52. The first kappa shape index (κ1) is 6.67. The number of rotatable bonds is 2. The third-order valence-corrected chi connectivity index (χ3v) is 1.68. The van der Waals surface area contributed by atoms with Gasteiger partial charge in [-0.15, -0.1) is 11.3 Å². The lowest BCUT2D eigenvalue weighted by Gasteiger charge is -2.02. The molecule has 0 radical (unpaired) electrons. The highest BCUT2D eigenvalue weighted by atomic mass is 32.1. The van der Waals surface area contributed by atoms with Crippen molar-refractivity contribution in [3.63, 3.8) is 0 Å². The molecule has 0 bridgehead atoms. The van der Waals surface area contributed by atoms with Crippen molar-refractivity contribution in [3.05, 3.63) is 16.6 Å². The lowest BCUT2D eigenvalue weighted by Crippen LogP contribution is -2.05. The average Bonchev–Trinajstić information content (AvgIpc) is 2.37. The zero-order valence-electron chi connectivity index (χ0n) is 5.07. The molecule has 1 heterocycles. The number of nitrogens with zero attached hydrogens (tertiary/aromatic N) is 1. The second-order valence-corrected chi connectivity index (χ2v) is 2.41. The molecule has 1 unspecified atom stereocenters. The van der Waals surface area contributed by atoms with E-state index in [0.717, 1.165) is 5.69 Å². The Morgan fingerprint density at radius 1 is 1.89 bits per heavy atom. The van der Waals surface area contributed by atoms with Crippen LogP contribution in [0.5, 0.6) is 0 Å². The minimum Gasteiger partial charge on any atom is -0.295 e. The molecular formula is C5H8N2OS. The number of hydrogen-bond donors (Lipinski definition) is 1. The van der Waals surface area contributed by atoms with E-state index < -0.39 is 0 Å². The summed E-state index contributed by atoms with van der Waals surface area (Å²) in [5, 5.41) is 1.91. The smallest absolute Gasteiger partial charge is 0.119 e. The summed E-state index contributed by atoms with van der Waals surface area (Å²) in [7, 11) is 0. The molecule has 0 saturated heterocycles. The molecule has 50 valence electrons. The highest BCUT2D eigenvalue weighted by Crippen LogP contribution is 2.13. The van der Waals surface area contributed by atoms with Crippen LogP contribution < -0.4 is 5.90 Å². The molecule has 0 amide bonds. The minimum absolute atomic E-state index is 0.0868. The van der Waals surface area contributed by atoms with Gasteiger partial charge in [-0.05, 0) is 6.92 Å².